The highest BCUT2D eigenvalue weighted by Gasteiger charge is 2.19. The highest BCUT2D eigenvalue weighted by molar-refractivity contribution is 6.02. The molecule has 1 aliphatic heterocycles. The molecule has 2 aromatic rings. The molecule has 0 aromatic heterocycles. The van der Waals surface area contributed by atoms with Crippen molar-refractivity contribution in [2.45, 2.75) is 6.54 Å². The van der Waals surface area contributed by atoms with Gasteiger partial charge in [0.1, 0.15) is 11.6 Å². The topological polar surface area (TPSA) is 108 Å². The average molecular weight is 392 g/mol. The summed E-state index contributed by atoms with van der Waals surface area (Å²) in [5.74, 6) is -0.532. The number of carbonyl (C=O) groups is 1. The van der Waals surface area contributed by atoms with E-state index in [9.17, 15) is 20.2 Å². The minimum atomic E-state index is -0.532. The number of carbonyl (C=O) groups excluding carboxylic acids is 1. The molecule has 0 aliphatic carbocycles. The van der Waals surface area contributed by atoms with Gasteiger partial charge >= 0.3 is 0 Å². The van der Waals surface area contributed by atoms with Crippen LogP contribution >= 0.6 is 0 Å². The fourth-order valence-corrected chi connectivity index (χ4v) is 3.04. The van der Waals surface area contributed by atoms with E-state index in [1.807, 2.05) is 41.3 Å². The first-order chi connectivity index (χ1) is 14.1. The SMILES string of the molecule is N#CC(=Cc1cc([N+](=O)[O-])ccc1N1CCOCC1)C(=O)NCc1ccccc1. The van der Waals surface area contributed by atoms with E-state index in [0.717, 1.165) is 11.3 Å². The largest absolute Gasteiger partial charge is 0.378 e. The van der Waals surface area contributed by atoms with Gasteiger partial charge in [0.25, 0.3) is 11.6 Å². The summed E-state index contributed by atoms with van der Waals surface area (Å²) in [6.07, 6.45) is 1.40. The van der Waals surface area contributed by atoms with E-state index in [2.05, 4.69) is 5.32 Å². The lowest BCUT2D eigenvalue weighted by Crippen LogP contribution is -2.36. The Kier molecular flexibility index (Phi) is 6.55. The highest BCUT2D eigenvalue weighted by Crippen LogP contribution is 2.28. The van der Waals surface area contributed by atoms with Crippen LogP contribution in [0, 0.1) is 21.4 Å². The van der Waals surface area contributed by atoms with Gasteiger partial charge in [-0.1, -0.05) is 30.3 Å². The maximum Gasteiger partial charge on any atom is 0.270 e. The summed E-state index contributed by atoms with van der Waals surface area (Å²) < 4.78 is 5.36. The molecule has 0 saturated carbocycles. The molecule has 29 heavy (non-hydrogen) atoms. The van der Waals surface area contributed by atoms with E-state index < -0.39 is 10.8 Å². The maximum atomic E-state index is 12.5. The second kappa shape index (κ2) is 9.48. The van der Waals surface area contributed by atoms with E-state index in [-0.39, 0.29) is 17.8 Å². The van der Waals surface area contributed by atoms with Crippen LogP contribution in [0.15, 0.2) is 54.1 Å². The average Bonchev–Trinajstić information content (AvgIpc) is 2.77. The van der Waals surface area contributed by atoms with Gasteiger partial charge in [-0.05, 0) is 17.7 Å². The highest BCUT2D eigenvalue weighted by atomic mass is 16.6. The zero-order valence-corrected chi connectivity index (χ0v) is 15.7. The number of ether oxygens (including phenoxy) is 1. The molecule has 0 bridgehead atoms. The van der Waals surface area contributed by atoms with Crippen molar-refractivity contribution in [3.05, 3.63) is 75.3 Å². The van der Waals surface area contributed by atoms with Gasteiger partial charge in [-0.3, -0.25) is 14.9 Å². The first-order valence-electron chi connectivity index (χ1n) is 9.13. The van der Waals surface area contributed by atoms with Crippen LogP contribution in [-0.2, 0) is 16.1 Å². The monoisotopic (exact) mass is 392 g/mol. The molecule has 8 nitrogen and oxygen atoms in total. The molecule has 1 saturated heterocycles. The van der Waals surface area contributed by atoms with Gasteiger partial charge in [-0.15, -0.1) is 0 Å². The summed E-state index contributed by atoms with van der Waals surface area (Å²) in [5.41, 5.74) is 1.86. The van der Waals surface area contributed by atoms with Gasteiger partial charge in [-0.2, -0.15) is 5.26 Å². The number of non-ortho nitro benzene ring substituents is 1. The normalized spacial score (nSPS) is 14.2. The second-order valence-electron chi connectivity index (χ2n) is 6.44. The van der Waals surface area contributed by atoms with Crippen LogP contribution in [0.25, 0.3) is 6.08 Å². The zero-order chi connectivity index (χ0) is 20.6. The molecule has 0 unspecified atom stereocenters. The molecule has 148 valence electrons. The number of anilines is 1. The molecule has 2 aromatic carbocycles. The Morgan fingerprint density at radius 2 is 1.97 bits per heavy atom. The number of hydrogen-bond donors (Lipinski definition) is 1. The number of nitro benzene ring substituents is 1. The smallest absolute Gasteiger partial charge is 0.270 e. The number of rotatable bonds is 6. The van der Waals surface area contributed by atoms with E-state index in [1.54, 1.807) is 6.07 Å². The third kappa shape index (κ3) is 5.18. The molecule has 0 spiro atoms. The van der Waals surface area contributed by atoms with Gasteiger partial charge in [0.15, 0.2) is 0 Å². The van der Waals surface area contributed by atoms with Crippen LogP contribution < -0.4 is 10.2 Å². The number of nitrogens with zero attached hydrogens (tertiary/aromatic N) is 3. The Hall–Kier alpha value is -3.70. The van der Waals surface area contributed by atoms with Crippen molar-refractivity contribution in [3.8, 4) is 6.07 Å². The van der Waals surface area contributed by atoms with E-state index in [4.69, 9.17) is 4.74 Å². The van der Waals surface area contributed by atoms with Crippen molar-refractivity contribution in [2.24, 2.45) is 0 Å². The molecule has 1 heterocycles. The molecule has 0 atom stereocenters. The summed E-state index contributed by atoms with van der Waals surface area (Å²) in [4.78, 5) is 25.2. The molecule has 1 aliphatic rings. The quantitative estimate of drug-likeness (QED) is 0.350. The van der Waals surface area contributed by atoms with Crippen LogP contribution in [0.3, 0.4) is 0 Å². The Morgan fingerprint density at radius 1 is 1.24 bits per heavy atom. The number of nitrogens with one attached hydrogen (secondary N) is 1. The van der Waals surface area contributed by atoms with Crippen molar-refractivity contribution in [1.82, 2.24) is 5.32 Å². The van der Waals surface area contributed by atoms with Crippen molar-refractivity contribution >= 4 is 23.4 Å². The van der Waals surface area contributed by atoms with Gasteiger partial charge < -0.3 is 15.0 Å². The predicted molar refractivity (Wildman–Crippen MR) is 108 cm³/mol. The van der Waals surface area contributed by atoms with Gasteiger partial charge in [0.2, 0.25) is 0 Å². The van der Waals surface area contributed by atoms with Crippen LogP contribution in [-0.4, -0.2) is 37.1 Å². The van der Waals surface area contributed by atoms with Crippen LogP contribution in [0.5, 0.6) is 0 Å². The Balaban J connectivity index is 1.87. The minimum Gasteiger partial charge on any atom is -0.378 e. The predicted octanol–water partition coefficient (Wildman–Crippen LogP) is 2.65. The van der Waals surface area contributed by atoms with E-state index in [0.29, 0.717) is 31.9 Å². The van der Waals surface area contributed by atoms with E-state index in [1.165, 1.54) is 18.2 Å². The fourth-order valence-electron chi connectivity index (χ4n) is 3.04. The van der Waals surface area contributed by atoms with Crippen molar-refractivity contribution < 1.29 is 14.5 Å². The lowest BCUT2D eigenvalue weighted by Gasteiger charge is -2.30. The third-order valence-electron chi connectivity index (χ3n) is 4.53. The number of benzene rings is 2. The fraction of sp³-hybridized carbons (Fsp3) is 0.238. The van der Waals surface area contributed by atoms with Crippen LogP contribution in [0.1, 0.15) is 11.1 Å². The van der Waals surface area contributed by atoms with E-state index >= 15 is 0 Å². The van der Waals surface area contributed by atoms with Crippen LogP contribution in [0.2, 0.25) is 0 Å². The molecule has 1 fully saturated rings. The molecular formula is C21H20N4O4. The Morgan fingerprint density at radius 3 is 2.62 bits per heavy atom. The van der Waals surface area contributed by atoms with Gasteiger partial charge in [-0.25, -0.2) is 0 Å². The number of morpholine rings is 1. The van der Waals surface area contributed by atoms with Crippen molar-refractivity contribution in [3.63, 3.8) is 0 Å². The summed E-state index contributed by atoms with van der Waals surface area (Å²) in [6, 6.07) is 15.7. The first-order valence-corrected chi connectivity index (χ1v) is 9.13. The van der Waals surface area contributed by atoms with Crippen molar-refractivity contribution in [1.29, 1.82) is 5.26 Å². The van der Waals surface area contributed by atoms with Crippen molar-refractivity contribution in [2.75, 3.05) is 31.2 Å². The lowest BCUT2D eigenvalue weighted by molar-refractivity contribution is -0.384. The molecule has 1 amide bonds. The lowest BCUT2D eigenvalue weighted by atomic mass is 10.1. The van der Waals surface area contributed by atoms with Gasteiger partial charge in [0, 0.05) is 43.0 Å². The Labute approximate surface area is 168 Å². The summed E-state index contributed by atoms with van der Waals surface area (Å²) >= 11 is 0. The van der Waals surface area contributed by atoms with Gasteiger partial charge in [0.05, 0.1) is 18.1 Å². The number of hydrogen-bond acceptors (Lipinski definition) is 6. The first kappa shape index (κ1) is 20.0. The third-order valence-corrected chi connectivity index (χ3v) is 4.53. The molecule has 3 rings (SSSR count). The molecular weight excluding hydrogens is 372 g/mol. The molecule has 1 N–H and O–H groups in total. The zero-order valence-electron chi connectivity index (χ0n) is 15.7. The second-order valence-corrected chi connectivity index (χ2v) is 6.44. The number of amides is 1. The summed E-state index contributed by atoms with van der Waals surface area (Å²) in [5, 5.41) is 23.4. The maximum absolute atomic E-state index is 12.5. The molecule has 8 heteroatoms. The standard InChI is InChI=1S/C21H20N4O4/c22-14-18(21(26)23-15-16-4-2-1-3-5-16)12-17-13-19(25(27)28)6-7-20(17)24-8-10-29-11-9-24/h1-7,12-13H,8-11,15H2,(H,23,26). The minimum absolute atomic E-state index is 0.102. The number of nitro groups is 1. The summed E-state index contributed by atoms with van der Waals surface area (Å²) in [6.45, 7) is 2.62. The Bertz CT molecular complexity index is 960. The number of nitriles is 1. The van der Waals surface area contributed by atoms with Crippen LogP contribution in [0.4, 0.5) is 11.4 Å². The summed E-state index contributed by atoms with van der Waals surface area (Å²) in [7, 11) is 0. The molecule has 0 radical (unpaired) electrons.